The van der Waals surface area contributed by atoms with Gasteiger partial charge in [0.15, 0.2) is 8.32 Å². The van der Waals surface area contributed by atoms with Crippen LogP contribution < -0.4 is 0 Å². The fraction of sp³-hybridized carbons (Fsp3) is 0.536. The number of likely N-dealkylation sites (tertiary alicyclic amines) is 1. The van der Waals surface area contributed by atoms with Gasteiger partial charge in [-0.25, -0.2) is 9.18 Å². The lowest BCUT2D eigenvalue weighted by atomic mass is 10.0. The van der Waals surface area contributed by atoms with Gasteiger partial charge in [-0.1, -0.05) is 81.4 Å². The van der Waals surface area contributed by atoms with Crippen molar-refractivity contribution in [2.75, 3.05) is 26.2 Å². The molecule has 0 unspecified atom stereocenters. The number of halogens is 1. The summed E-state index contributed by atoms with van der Waals surface area (Å²) >= 11 is 0. The number of rotatable bonds is 9. The predicted molar refractivity (Wildman–Crippen MR) is 142 cm³/mol. The molecule has 0 aromatic heterocycles. The first kappa shape index (κ1) is 27.4. The summed E-state index contributed by atoms with van der Waals surface area (Å²) in [5.41, 5.74) is 1.87. The first-order valence-corrected chi connectivity index (χ1v) is 15.5. The molecule has 1 aliphatic heterocycles. The maximum Gasteiger partial charge on any atom is 0.410 e. The van der Waals surface area contributed by atoms with E-state index in [0.717, 1.165) is 17.7 Å². The molecule has 0 bridgehead atoms. The van der Waals surface area contributed by atoms with E-state index in [-0.39, 0.29) is 11.6 Å². The number of hydrogen-bond acceptors (Lipinski definition) is 4. The molecule has 2 atom stereocenters. The van der Waals surface area contributed by atoms with Crippen molar-refractivity contribution < 1.29 is 18.3 Å². The Labute approximate surface area is 211 Å². The standard InChI is InChI=1S/C28H41FN2O3Si/c1-28(2,3)35(4,5)34-19-18-30-17-16-26(25(29)21-30)31(20-23-12-8-6-9-13-23)27(32)33-22-24-14-10-7-11-15-24/h6-15,25-26H,16-22H2,1-5H3/t25-,26+/m1/s1. The molecule has 1 amide bonds. The molecule has 1 aliphatic rings. The number of hydrogen-bond donors (Lipinski definition) is 0. The molecule has 0 radical (unpaired) electrons. The number of alkyl halides is 1. The zero-order valence-corrected chi connectivity index (χ0v) is 22.9. The van der Waals surface area contributed by atoms with Crippen LogP contribution in [0.5, 0.6) is 0 Å². The summed E-state index contributed by atoms with van der Waals surface area (Å²) in [4.78, 5) is 16.8. The molecule has 7 heteroatoms. The number of amides is 1. The van der Waals surface area contributed by atoms with Crippen molar-refractivity contribution in [2.24, 2.45) is 0 Å². The molecule has 192 valence electrons. The van der Waals surface area contributed by atoms with Crippen LogP contribution in [0.1, 0.15) is 38.3 Å². The second-order valence-corrected chi connectivity index (χ2v) is 15.7. The minimum Gasteiger partial charge on any atom is -0.445 e. The number of carbonyl (C=O) groups excluding carboxylic acids is 1. The van der Waals surface area contributed by atoms with Crippen molar-refractivity contribution >= 4 is 14.4 Å². The van der Waals surface area contributed by atoms with Crippen LogP contribution in [0.3, 0.4) is 0 Å². The van der Waals surface area contributed by atoms with E-state index < -0.39 is 26.6 Å². The van der Waals surface area contributed by atoms with Crippen LogP contribution in [0, 0.1) is 0 Å². The Morgan fingerprint density at radius 1 is 1.06 bits per heavy atom. The van der Waals surface area contributed by atoms with E-state index in [2.05, 4.69) is 38.8 Å². The van der Waals surface area contributed by atoms with Gasteiger partial charge in [0, 0.05) is 32.8 Å². The minimum absolute atomic E-state index is 0.153. The summed E-state index contributed by atoms with van der Waals surface area (Å²) in [6.07, 6.45) is -1.06. The molecular formula is C28H41FN2O3Si. The second kappa shape index (κ2) is 12.1. The zero-order valence-electron chi connectivity index (χ0n) is 21.9. The molecule has 0 N–H and O–H groups in total. The van der Waals surface area contributed by atoms with Gasteiger partial charge in [-0.2, -0.15) is 0 Å². The lowest BCUT2D eigenvalue weighted by Crippen LogP contribution is -2.54. The number of carbonyl (C=O) groups is 1. The number of benzene rings is 2. The lowest BCUT2D eigenvalue weighted by Gasteiger charge is -2.41. The third-order valence-electron chi connectivity index (χ3n) is 7.30. The van der Waals surface area contributed by atoms with Crippen LogP contribution in [-0.2, 0) is 22.3 Å². The van der Waals surface area contributed by atoms with Crippen LogP contribution in [-0.4, -0.2) is 62.7 Å². The molecule has 1 fully saturated rings. The highest BCUT2D eigenvalue weighted by atomic mass is 28.4. The Kier molecular flexibility index (Phi) is 9.50. The maximum absolute atomic E-state index is 15.5. The van der Waals surface area contributed by atoms with E-state index >= 15 is 4.39 Å². The molecule has 1 saturated heterocycles. The number of nitrogens with zero attached hydrogens (tertiary/aromatic N) is 2. The van der Waals surface area contributed by atoms with Crippen molar-refractivity contribution in [3.05, 3.63) is 71.8 Å². The fourth-order valence-corrected chi connectivity index (χ4v) is 5.09. The normalized spacial score (nSPS) is 19.4. The molecule has 2 aromatic carbocycles. The Balaban J connectivity index is 1.60. The Morgan fingerprint density at radius 2 is 1.66 bits per heavy atom. The van der Waals surface area contributed by atoms with Crippen molar-refractivity contribution in [1.29, 1.82) is 0 Å². The molecular weight excluding hydrogens is 459 g/mol. The maximum atomic E-state index is 15.5. The lowest BCUT2D eigenvalue weighted by molar-refractivity contribution is 0.0147. The zero-order chi connectivity index (χ0) is 25.5. The van der Waals surface area contributed by atoms with E-state index in [1.807, 2.05) is 60.7 Å². The minimum atomic E-state index is -1.82. The summed E-state index contributed by atoms with van der Waals surface area (Å²) in [5.74, 6) is 0. The molecule has 0 saturated carbocycles. The molecule has 0 aliphatic carbocycles. The van der Waals surface area contributed by atoms with Crippen molar-refractivity contribution in [3.63, 3.8) is 0 Å². The SMILES string of the molecule is CC(C)(C)[Si](C)(C)OCCN1CC[C@H](N(Cc2ccccc2)C(=O)OCc2ccccc2)[C@H](F)C1. The Hall–Kier alpha value is -2.22. The Morgan fingerprint density at radius 3 is 2.23 bits per heavy atom. The van der Waals surface area contributed by atoms with Gasteiger partial charge >= 0.3 is 6.09 Å². The predicted octanol–water partition coefficient (Wildman–Crippen LogP) is 6.26. The van der Waals surface area contributed by atoms with Gasteiger partial charge in [0.2, 0.25) is 0 Å². The molecule has 2 aromatic rings. The third-order valence-corrected chi connectivity index (χ3v) is 11.8. The van der Waals surface area contributed by atoms with E-state index in [0.29, 0.717) is 32.7 Å². The monoisotopic (exact) mass is 500 g/mol. The summed E-state index contributed by atoms with van der Waals surface area (Å²) in [6, 6.07) is 18.8. The van der Waals surface area contributed by atoms with E-state index in [9.17, 15) is 4.79 Å². The summed E-state index contributed by atoms with van der Waals surface area (Å²) in [7, 11) is -1.82. The largest absolute Gasteiger partial charge is 0.445 e. The number of piperidine rings is 1. The fourth-order valence-electron chi connectivity index (χ4n) is 4.06. The van der Waals surface area contributed by atoms with Gasteiger partial charge in [-0.05, 0) is 35.7 Å². The quantitative estimate of drug-likeness (QED) is 0.381. The Bertz CT molecular complexity index is 921. The van der Waals surface area contributed by atoms with Crippen molar-refractivity contribution in [3.8, 4) is 0 Å². The van der Waals surface area contributed by atoms with Gasteiger partial charge in [0.05, 0.1) is 6.04 Å². The summed E-state index contributed by atoms with van der Waals surface area (Å²) in [6.45, 7) is 14.0. The topological polar surface area (TPSA) is 42.0 Å². The van der Waals surface area contributed by atoms with Gasteiger partial charge in [0.1, 0.15) is 12.8 Å². The molecule has 35 heavy (non-hydrogen) atoms. The van der Waals surface area contributed by atoms with E-state index in [1.54, 1.807) is 4.90 Å². The first-order valence-electron chi connectivity index (χ1n) is 12.6. The van der Waals surface area contributed by atoms with Crippen LogP contribution in [0.25, 0.3) is 0 Å². The first-order chi connectivity index (χ1) is 16.6. The van der Waals surface area contributed by atoms with Crippen molar-refractivity contribution in [1.82, 2.24) is 9.80 Å². The van der Waals surface area contributed by atoms with Crippen LogP contribution in [0.15, 0.2) is 60.7 Å². The average Bonchev–Trinajstić information content (AvgIpc) is 2.82. The third kappa shape index (κ3) is 7.89. The molecule has 0 spiro atoms. The summed E-state index contributed by atoms with van der Waals surface area (Å²) in [5, 5.41) is 0.153. The van der Waals surface area contributed by atoms with Gasteiger partial charge in [0.25, 0.3) is 0 Å². The van der Waals surface area contributed by atoms with Gasteiger partial charge < -0.3 is 9.16 Å². The smallest absolute Gasteiger partial charge is 0.410 e. The highest BCUT2D eigenvalue weighted by Gasteiger charge is 2.39. The molecule has 3 rings (SSSR count). The highest BCUT2D eigenvalue weighted by Crippen LogP contribution is 2.36. The molecule has 5 nitrogen and oxygen atoms in total. The molecule has 1 heterocycles. The second-order valence-electron chi connectivity index (χ2n) is 10.9. The van der Waals surface area contributed by atoms with Crippen LogP contribution in [0.2, 0.25) is 18.1 Å². The van der Waals surface area contributed by atoms with Crippen molar-refractivity contribution in [2.45, 2.75) is 70.7 Å². The number of ether oxygens (including phenoxy) is 1. The van der Waals surface area contributed by atoms with Gasteiger partial charge in [-0.3, -0.25) is 9.80 Å². The van der Waals surface area contributed by atoms with Crippen LogP contribution in [0.4, 0.5) is 9.18 Å². The van der Waals surface area contributed by atoms with E-state index in [4.69, 9.17) is 9.16 Å². The van der Waals surface area contributed by atoms with E-state index in [1.165, 1.54) is 0 Å². The summed E-state index contributed by atoms with van der Waals surface area (Å²) < 4.78 is 27.4. The van der Waals surface area contributed by atoms with Gasteiger partial charge in [-0.15, -0.1) is 0 Å². The highest BCUT2D eigenvalue weighted by molar-refractivity contribution is 6.74. The average molecular weight is 501 g/mol. The van der Waals surface area contributed by atoms with Crippen LogP contribution >= 0.6 is 0 Å².